The van der Waals surface area contributed by atoms with E-state index < -0.39 is 11.5 Å². The van der Waals surface area contributed by atoms with Gasteiger partial charge in [-0.3, -0.25) is 9.59 Å². The first-order valence-electron chi connectivity index (χ1n) is 9.12. The molecule has 2 aromatic carbocycles. The van der Waals surface area contributed by atoms with Crippen molar-refractivity contribution in [2.75, 3.05) is 19.0 Å². The van der Waals surface area contributed by atoms with Gasteiger partial charge in [-0.15, -0.1) is 0 Å². The summed E-state index contributed by atoms with van der Waals surface area (Å²) in [5.41, 5.74) is 4.15. The third-order valence-electron chi connectivity index (χ3n) is 4.45. The number of anilines is 1. The summed E-state index contributed by atoms with van der Waals surface area (Å²) in [5.74, 6) is -0.616. The fraction of sp³-hybridized carbons (Fsp3) is 0.136. The van der Waals surface area contributed by atoms with Gasteiger partial charge in [0, 0.05) is 25.3 Å². The van der Waals surface area contributed by atoms with Gasteiger partial charge in [-0.1, -0.05) is 30.3 Å². The SMILES string of the molecule is Cc1c(C(=O)N/N=C/c2ccc(N(C)C)cc2)nn(-c2ccccc2)c(=O)c1C#N. The summed E-state index contributed by atoms with van der Waals surface area (Å²) in [6.45, 7) is 1.51. The zero-order valence-electron chi connectivity index (χ0n) is 16.8. The minimum atomic E-state index is -0.616. The van der Waals surface area contributed by atoms with Crippen LogP contribution in [0.25, 0.3) is 5.69 Å². The molecule has 1 N–H and O–H groups in total. The van der Waals surface area contributed by atoms with Crippen LogP contribution in [0.15, 0.2) is 64.5 Å². The fourth-order valence-electron chi connectivity index (χ4n) is 2.77. The van der Waals surface area contributed by atoms with Crippen LogP contribution in [0, 0.1) is 18.3 Å². The van der Waals surface area contributed by atoms with Crippen molar-refractivity contribution in [2.24, 2.45) is 5.10 Å². The Balaban J connectivity index is 1.88. The maximum absolute atomic E-state index is 12.6. The Bertz CT molecular complexity index is 1190. The molecule has 0 bridgehead atoms. The van der Waals surface area contributed by atoms with E-state index in [1.807, 2.05) is 49.3 Å². The minimum Gasteiger partial charge on any atom is -0.378 e. The topological polar surface area (TPSA) is 103 Å². The van der Waals surface area contributed by atoms with Crippen molar-refractivity contribution >= 4 is 17.8 Å². The number of benzene rings is 2. The molecule has 0 unspecified atom stereocenters. The van der Waals surface area contributed by atoms with Gasteiger partial charge in [-0.25, -0.2) is 5.43 Å². The predicted molar refractivity (Wildman–Crippen MR) is 115 cm³/mol. The molecular formula is C22H20N6O2. The summed E-state index contributed by atoms with van der Waals surface area (Å²) < 4.78 is 1.05. The van der Waals surface area contributed by atoms with Crippen LogP contribution in [0.2, 0.25) is 0 Å². The molecule has 0 saturated carbocycles. The van der Waals surface area contributed by atoms with Gasteiger partial charge in [-0.2, -0.15) is 20.1 Å². The monoisotopic (exact) mass is 400 g/mol. The Hall–Kier alpha value is -4.25. The molecule has 0 spiro atoms. The Morgan fingerprint density at radius 2 is 1.83 bits per heavy atom. The lowest BCUT2D eigenvalue weighted by Crippen LogP contribution is -2.31. The number of nitrogens with zero attached hydrogens (tertiary/aromatic N) is 5. The van der Waals surface area contributed by atoms with Crippen LogP contribution >= 0.6 is 0 Å². The summed E-state index contributed by atoms with van der Waals surface area (Å²) in [6, 6.07) is 18.1. The molecular weight excluding hydrogens is 380 g/mol. The van der Waals surface area contributed by atoms with Crippen LogP contribution < -0.4 is 15.9 Å². The molecule has 30 heavy (non-hydrogen) atoms. The van der Waals surface area contributed by atoms with Crippen molar-refractivity contribution in [3.8, 4) is 11.8 Å². The Morgan fingerprint density at radius 1 is 1.17 bits per heavy atom. The maximum atomic E-state index is 12.6. The summed E-state index contributed by atoms with van der Waals surface area (Å²) in [4.78, 5) is 27.2. The molecule has 3 rings (SSSR count). The largest absolute Gasteiger partial charge is 0.378 e. The number of para-hydroxylation sites is 1. The molecule has 1 aromatic heterocycles. The number of amides is 1. The first-order valence-corrected chi connectivity index (χ1v) is 9.12. The molecule has 0 aliphatic rings. The molecule has 8 nitrogen and oxygen atoms in total. The van der Waals surface area contributed by atoms with E-state index in [0.717, 1.165) is 15.9 Å². The van der Waals surface area contributed by atoms with Gasteiger partial charge in [0.2, 0.25) is 0 Å². The second-order valence-electron chi connectivity index (χ2n) is 6.70. The zero-order valence-corrected chi connectivity index (χ0v) is 16.8. The third kappa shape index (κ3) is 4.25. The van der Waals surface area contributed by atoms with E-state index in [1.54, 1.807) is 30.3 Å². The molecule has 0 radical (unpaired) electrons. The number of hydrazone groups is 1. The lowest BCUT2D eigenvalue weighted by Gasteiger charge is -2.11. The van der Waals surface area contributed by atoms with Gasteiger partial charge in [0.05, 0.1) is 11.9 Å². The molecule has 1 amide bonds. The van der Waals surface area contributed by atoms with Gasteiger partial charge in [0.15, 0.2) is 5.69 Å². The molecule has 3 aromatic rings. The van der Waals surface area contributed by atoms with Gasteiger partial charge >= 0.3 is 0 Å². The van der Waals surface area contributed by atoms with E-state index in [4.69, 9.17) is 0 Å². The molecule has 0 aliphatic heterocycles. The van der Waals surface area contributed by atoms with Crippen LogP contribution in [0.5, 0.6) is 0 Å². The van der Waals surface area contributed by atoms with Crippen LogP contribution in [0.4, 0.5) is 5.69 Å². The van der Waals surface area contributed by atoms with Crippen molar-refractivity contribution in [1.29, 1.82) is 5.26 Å². The first-order chi connectivity index (χ1) is 14.4. The summed E-state index contributed by atoms with van der Waals surface area (Å²) >= 11 is 0. The smallest absolute Gasteiger partial charge is 0.292 e. The van der Waals surface area contributed by atoms with Gasteiger partial charge in [0.25, 0.3) is 11.5 Å². The number of nitriles is 1. The van der Waals surface area contributed by atoms with Crippen LogP contribution in [0.3, 0.4) is 0 Å². The highest BCUT2D eigenvalue weighted by Gasteiger charge is 2.19. The van der Waals surface area contributed by atoms with E-state index >= 15 is 0 Å². The van der Waals surface area contributed by atoms with E-state index in [-0.39, 0.29) is 16.8 Å². The van der Waals surface area contributed by atoms with Crippen molar-refractivity contribution in [1.82, 2.24) is 15.2 Å². The molecule has 0 saturated heterocycles. The minimum absolute atomic E-state index is 0.0462. The molecule has 0 fully saturated rings. The fourth-order valence-corrected chi connectivity index (χ4v) is 2.77. The summed E-state index contributed by atoms with van der Waals surface area (Å²) in [5, 5.41) is 17.5. The molecule has 150 valence electrons. The zero-order chi connectivity index (χ0) is 21.7. The number of aromatic nitrogens is 2. The van der Waals surface area contributed by atoms with Crippen molar-refractivity contribution < 1.29 is 4.79 Å². The summed E-state index contributed by atoms with van der Waals surface area (Å²) in [6.07, 6.45) is 1.51. The van der Waals surface area contributed by atoms with Crippen LogP contribution in [-0.2, 0) is 0 Å². The third-order valence-corrected chi connectivity index (χ3v) is 4.45. The Labute approximate surface area is 173 Å². The standard InChI is InChI=1S/C22H20N6O2/c1-15-19(13-23)22(30)28(18-7-5-4-6-8-18)26-20(15)21(29)25-24-14-16-9-11-17(12-10-16)27(2)3/h4-12,14H,1-3H3,(H,25,29)/b24-14+. The van der Waals surface area contributed by atoms with Crippen LogP contribution in [-0.4, -0.2) is 36.0 Å². The number of carbonyl (C=O) groups excluding carboxylic acids is 1. The highest BCUT2D eigenvalue weighted by molar-refractivity contribution is 5.94. The molecule has 1 heterocycles. The highest BCUT2D eigenvalue weighted by atomic mass is 16.2. The first kappa shape index (κ1) is 20.5. The van der Waals surface area contributed by atoms with E-state index in [2.05, 4.69) is 15.6 Å². The Morgan fingerprint density at radius 3 is 2.43 bits per heavy atom. The number of hydrogen-bond acceptors (Lipinski definition) is 6. The van der Waals surface area contributed by atoms with Crippen LogP contribution in [0.1, 0.15) is 27.2 Å². The summed E-state index contributed by atoms with van der Waals surface area (Å²) in [7, 11) is 3.89. The number of carbonyl (C=O) groups is 1. The average molecular weight is 400 g/mol. The number of rotatable bonds is 5. The van der Waals surface area contributed by atoms with Crippen molar-refractivity contribution in [2.45, 2.75) is 6.92 Å². The maximum Gasteiger partial charge on any atom is 0.292 e. The lowest BCUT2D eigenvalue weighted by atomic mass is 10.1. The normalized spacial score (nSPS) is 10.6. The quantitative estimate of drug-likeness (QED) is 0.523. The molecule has 0 aliphatic carbocycles. The average Bonchev–Trinajstić information content (AvgIpc) is 2.75. The van der Waals surface area contributed by atoms with Crippen molar-refractivity contribution in [3.05, 3.63) is 87.3 Å². The predicted octanol–water partition coefficient (Wildman–Crippen LogP) is 2.24. The molecule has 0 atom stereocenters. The van der Waals surface area contributed by atoms with Crippen molar-refractivity contribution in [3.63, 3.8) is 0 Å². The van der Waals surface area contributed by atoms with Gasteiger partial charge in [-0.05, 0) is 36.8 Å². The van der Waals surface area contributed by atoms with Gasteiger partial charge in [0.1, 0.15) is 11.6 Å². The highest BCUT2D eigenvalue weighted by Crippen LogP contribution is 2.12. The Kier molecular flexibility index (Phi) is 6.03. The second-order valence-corrected chi connectivity index (χ2v) is 6.70. The van der Waals surface area contributed by atoms with E-state index in [1.165, 1.54) is 13.1 Å². The van der Waals surface area contributed by atoms with E-state index in [0.29, 0.717) is 5.69 Å². The number of nitrogens with one attached hydrogen (secondary N) is 1. The van der Waals surface area contributed by atoms with Gasteiger partial charge < -0.3 is 4.90 Å². The lowest BCUT2D eigenvalue weighted by molar-refractivity contribution is 0.0947. The van der Waals surface area contributed by atoms with E-state index in [9.17, 15) is 14.9 Å². The molecule has 8 heteroatoms. The second kappa shape index (κ2) is 8.84. The number of hydrogen-bond donors (Lipinski definition) is 1.